The van der Waals surface area contributed by atoms with Gasteiger partial charge in [-0.1, -0.05) is 12.1 Å². The first kappa shape index (κ1) is 8.80. The van der Waals surface area contributed by atoms with Crippen LogP contribution in [0.15, 0.2) is 24.3 Å². The summed E-state index contributed by atoms with van der Waals surface area (Å²) in [7, 11) is 0. The molecule has 1 aliphatic heterocycles. The zero-order valence-electron chi connectivity index (χ0n) is 6.88. The van der Waals surface area contributed by atoms with Gasteiger partial charge in [-0.2, -0.15) is 0 Å². The number of carbonyl (C=O) groups is 1. The van der Waals surface area contributed by atoms with Crippen molar-refractivity contribution in [1.29, 1.82) is 0 Å². The van der Waals surface area contributed by atoms with Crippen molar-refractivity contribution in [2.45, 2.75) is 6.04 Å². The topological polar surface area (TPSA) is 41.1 Å². The molecule has 1 atom stereocenters. The van der Waals surface area contributed by atoms with Crippen molar-refractivity contribution in [3.63, 3.8) is 0 Å². The number of hydrogen-bond donors (Lipinski definition) is 2. The van der Waals surface area contributed by atoms with Gasteiger partial charge >= 0.3 is 6.03 Å². The summed E-state index contributed by atoms with van der Waals surface area (Å²) in [6, 6.07) is 8.22. The molecule has 3 nitrogen and oxygen atoms in total. The lowest BCUT2D eigenvalue weighted by molar-refractivity contribution is 0.247. The Labute approximate surface area is 90.0 Å². The molecule has 1 aromatic carbocycles. The zero-order valence-corrected chi connectivity index (χ0v) is 9.04. The Hall–Kier alpha value is -0.780. The predicted octanol–water partition coefficient (Wildman–Crippen LogP) is 1.65. The van der Waals surface area contributed by atoms with E-state index in [1.165, 1.54) is 3.57 Å². The Balaban J connectivity index is 2.17. The molecule has 0 spiro atoms. The van der Waals surface area contributed by atoms with Gasteiger partial charge in [0.2, 0.25) is 0 Å². The van der Waals surface area contributed by atoms with Gasteiger partial charge in [0.1, 0.15) is 0 Å². The van der Waals surface area contributed by atoms with Gasteiger partial charge in [0.15, 0.2) is 0 Å². The first-order valence-electron chi connectivity index (χ1n) is 4.05. The summed E-state index contributed by atoms with van der Waals surface area (Å²) in [5.41, 5.74) is 1.15. The van der Waals surface area contributed by atoms with Crippen molar-refractivity contribution >= 4 is 28.6 Å². The van der Waals surface area contributed by atoms with Crippen molar-refractivity contribution in [2.75, 3.05) is 6.54 Å². The van der Waals surface area contributed by atoms with E-state index in [-0.39, 0.29) is 12.1 Å². The van der Waals surface area contributed by atoms with E-state index in [4.69, 9.17) is 0 Å². The summed E-state index contributed by atoms with van der Waals surface area (Å²) in [6.07, 6.45) is 0. The Morgan fingerprint density at radius 3 is 2.54 bits per heavy atom. The number of benzene rings is 1. The van der Waals surface area contributed by atoms with Crippen molar-refractivity contribution < 1.29 is 4.79 Å². The second-order valence-corrected chi connectivity index (χ2v) is 4.20. The van der Waals surface area contributed by atoms with Gasteiger partial charge < -0.3 is 10.6 Å². The monoisotopic (exact) mass is 288 g/mol. The molecule has 0 bridgehead atoms. The summed E-state index contributed by atoms with van der Waals surface area (Å²) >= 11 is 2.26. The van der Waals surface area contributed by atoms with E-state index < -0.39 is 0 Å². The van der Waals surface area contributed by atoms with E-state index in [1.807, 2.05) is 24.3 Å². The molecular weight excluding hydrogens is 279 g/mol. The van der Waals surface area contributed by atoms with E-state index in [9.17, 15) is 4.79 Å². The second-order valence-electron chi connectivity index (χ2n) is 2.96. The molecule has 0 radical (unpaired) electrons. The van der Waals surface area contributed by atoms with E-state index in [2.05, 4.69) is 33.2 Å². The van der Waals surface area contributed by atoms with Crippen LogP contribution in [-0.4, -0.2) is 12.6 Å². The van der Waals surface area contributed by atoms with E-state index in [0.717, 1.165) is 5.56 Å². The summed E-state index contributed by atoms with van der Waals surface area (Å²) in [6.45, 7) is 0.680. The van der Waals surface area contributed by atoms with Crippen LogP contribution in [-0.2, 0) is 0 Å². The summed E-state index contributed by atoms with van der Waals surface area (Å²) in [5.74, 6) is 0. The normalized spacial score (nSPS) is 21.0. The van der Waals surface area contributed by atoms with Crippen LogP contribution >= 0.6 is 22.6 Å². The van der Waals surface area contributed by atoms with Gasteiger partial charge in [-0.25, -0.2) is 4.79 Å². The van der Waals surface area contributed by atoms with Gasteiger partial charge in [-0.3, -0.25) is 0 Å². The smallest absolute Gasteiger partial charge is 0.315 e. The lowest BCUT2D eigenvalue weighted by Crippen LogP contribution is -2.21. The molecule has 1 fully saturated rings. The number of urea groups is 1. The maximum atomic E-state index is 10.9. The van der Waals surface area contributed by atoms with E-state index >= 15 is 0 Å². The van der Waals surface area contributed by atoms with Crippen LogP contribution in [0.5, 0.6) is 0 Å². The van der Waals surface area contributed by atoms with E-state index in [0.29, 0.717) is 6.54 Å². The van der Waals surface area contributed by atoms with Crippen molar-refractivity contribution in [1.82, 2.24) is 10.6 Å². The Kier molecular flexibility index (Phi) is 2.39. The Bertz CT molecular complexity index is 323. The van der Waals surface area contributed by atoms with Gasteiger partial charge in [-0.15, -0.1) is 0 Å². The predicted molar refractivity (Wildman–Crippen MR) is 58.4 cm³/mol. The number of amides is 2. The molecule has 2 amide bonds. The molecule has 2 rings (SSSR count). The fourth-order valence-corrected chi connectivity index (χ4v) is 1.71. The highest BCUT2D eigenvalue weighted by Crippen LogP contribution is 2.16. The average molecular weight is 288 g/mol. The molecule has 0 aliphatic carbocycles. The largest absolute Gasteiger partial charge is 0.336 e. The third-order valence-corrected chi connectivity index (χ3v) is 2.76. The molecule has 2 N–H and O–H groups in total. The standard InChI is InChI=1S/C9H9IN2O/c10-7-3-1-6(2-4-7)8-5-11-9(13)12-8/h1-4,8H,5H2,(H2,11,12,13)/t8-/m0/s1. The number of rotatable bonds is 1. The number of halogens is 1. The quantitative estimate of drug-likeness (QED) is 0.758. The molecule has 13 heavy (non-hydrogen) atoms. The highest BCUT2D eigenvalue weighted by Gasteiger charge is 2.20. The fraction of sp³-hybridized carbons (Fsp3) is 0.222. The molecule has 0 saturated carbocycles. The van der Waals surface area contributed by atoms with Crippen molar-refractivity contribution in [3.8, 4) is 0 Å². The van der Waals surface area contributed by atoms with Gasteiger partial charge in [0, 0.05) is 10.1 Å². The molecule has 1 aromatic rings. The lowest BCUT2D eigenvalue weighted by Gasteiger charge is -2.08. The number of hydrogen-bond acceptors (Lipinski definition) is 1. The van der Waals surface area contributed by atoms with Crippen LogP contribution in [0, 0.1) is 3.57 Å². The zero-order chi connectivity index (χ0) is 9.26. The molecule has 1 heterocycles. The minimum absolute atomic E-state index is 0.0800. The molecule has 1 aliphatic rings. The van der Waals surface area contributed by atoms with Crippen molar-refractivity contribution in [3.05, 3.63) is 33.4 Å². The summed E-state index contributed by atoms with van der Waals surface area (Å²) in [4.78, 5) is 10.9. The number of nitrogens with one attached hydrogen (secondary N) is 2. The second kappa shape index (κ2) is 3.53. The lowest BCUT2D eigenvalue weighted by atomic mass is 10.1. The minimum atomic E-state index is -0.0800. The maximum Gasteiger partial charge on any atom is 0.315 e. The minimum Gasteiger partial charge on any atom is -0.336 e. The molecular formula is C9H9IN2O. The first-order valence-corrected chi connectivity index (χ1v) is 5.13. The van der Waals surface area contributed by atoms with Crippen LogP contribution in [0.2, 0.25) is 0 Å². The SMILES string of the molecule is O=C1NC[C@@H](c2ccc(I)cc2)N1. The summed E-state index contributed by atoms with van der Waals surface area (Å²) < 4.78 is 1.21. The number of carbonyl (C=O) groups excluding carboxylic acids is 1. The van der Waals surface area contributed by atoms with Crippen LogP contribution < -0.4 is 10.6 Å². The van der Waals surface area contributed by atoms with E-state index in [1.54, 1.807) is 0 Å². The third-order valence-electron chi connectivity index (χ3n) is 2.04. The molecule has 68 valence electrons. The first-order chi connectivity index (χ1) is 6.25. The third kappa shape index (κ3) is 1.93. The molecule has 0 unspecified atom stereocenters. The highest BCUT2D eigenvalue weighted by molar-refractivity contribution is 14.1. The van der Waals surface area contributed by atoms with Gasteiger partial charge in [0.05, 0.1) is 6.04 Å². The maximum absolute atomic E-state index is 10.9. The van der Waals surface area contributed by atoms with Crippen LogP contribution in [0.25, 0.3) is 0 Å². The summed E-state index contributed by atoms with van der Waals surface area (Å²) in [5, 5.41) is 5.57. The van der Waals surface area contributed by atoms with Crippen molar-refractivity contribution in [2.24, 2.45) is 0 Å². The van der Waals surface area contributed by atoms with Crippen LogP contribution in [0.1, 0.15) is 11.6 Å². The van der Waals surface area contributed by atoms with Crippen LogP contribution in [0.3, 0.4) is 0 Å². The molecule has 1 saturated heterocycles. The van der Waals surface area contributed by atoms with Crippen LogP contribution in [0.4, 0.5) is 4.79 Å². The highest BCUT2D eigenvalue weighted by atomic mass is 127. The van der Waals surface area contributed by atoms with Gasteiger partial charge in [0.25, 0.3) is 0 Å². The molecule has 4 heteroatoms. The van der Waals surface area contributed by atoms with Gasteiger partial charge in [-0.05, 0) is 40.3 Å². The average Bonchev–Trinajstić information content (AvgIpc) is 2.53. The Morgan fingerprint density at radius 2 is 2.00 bits per heavy atom. The Morgan fingerprint density at radius 1 is 1.31 bits per heavy atom. The molecule has 0 aromatic heterocycles. The fourth-order valence-electron chi connectivity index (χ4n) is 1.35.